The van der Waals surface area contributed by atoms with Crippen molar-refractivity contribution in [2.75, 3.05) is 18.1 Å². The molecule has 0 saturated carbocycles. The second kappa shape index (κ2) is 6.47. The summed E-state index contributed by atoms with van der Waals surface area (Å²) in [5.74, 6) is -0.133. The number of anilines is 1. The van der Waals surface area contributed by atoms with Gasteiger partial charge in [-0.3, -0.25) is 9.88 Å². The van der Waals surface area contributed by atoms with Gasteiger partial charge in [-0.05, 0) is 39.7 Å². The minimum Gasteiger partial charge on any atom is -0.443 e. The summed E-state index contributed by atoms with van der Waals surface area (Å²) in [5, 5.41) is 28.4. The molecule has 23 heavy (non-hydrogen) atoms. The molecule has 0 bridgehead atoms. The number of rotatable bonds is 2. The first-order chi connectivity index (χ1) is 10.6. The highest BCUT2D eigenvalue weighted by atomic mass is 16.6. The number of nitrogens with zero attached hydrogens (tertiary/aromatic N) is 2. The molecule has 1 aromatic rings. The highest BCUT2D eigenvalue weighted by Crippen LogP contribution is 2.31. The van der Waals surface area contributed by atoms with Crippen LogP contribution in [0.15, 0.2) is 6.20 Å². The zero-order valence-electron chi connectivity index (χ0n) is 13.9. The Hall–Kier alpha value is -1.64. The van der Waals surface area contributed by atoms with E-state index >= 15 is 0 Å². The van der Waals surface area contributed by atoms with Crippen molar-refractivity contribution in [2.45, 2.75) is 39.7 Å². The quantitative estimate of drug-likeness (QED) is 0.661. The molecule has 1 aliphatic heterocycles. The van der Waals surface area contributed by atoms with E-state index in [0.29, 0.717) is 29.9 Å². The highest BCUT2D eigenvalue weighted by molar-refractivity contribution is 6.59. The van der Waals surface area contributed by atoms with E-state index in [1.165, 1.54) is 11.1 Å². The van der Waals surface area contributed by atoms with Crippen LogP contribution in [0.25, 0.3) is 0 Å². The molecular weight excluding hydrogens is 299 g/mol. The van der Waals surface area contributed by atoms with E-state index in [0.717, 1.165) is 0 Å². The SMILES string of the molecule is Cc1c(B(O)O)cnc2c1N(C(=O)OC(C)(C)C)CC(CO)C2. The molecule has 8 heteroatoms. The fourth-order valence-electron chi connectivity index (χ4n) is 2.72. The molecule has 0 fully saturated rings. The van der Waals surface area contributed by atoms with E-state index < -0.39 is 18.8 Å². The standard InChI is InChI=1S/C15H23BN2O5/c1-9-11(16(21)22)6-17-12-5-10(8-19)7-18(13(9)12)14(20)23-15(2,3)4/h6,10,19,21-22H,5,7-8H2,1-4H3. The van der Waals surface area contributed by atoms with Gasteiger partial charge in [0.25, 0.3) is 0 Å². The molecule has 1 amide bonds. The fourth-order valence-corrected chi connectivity index (χ4v) is 2.72. The van der Waals surface area contributed by atoms with Crippen LogP contribution < -0.4 is 10.4 Å². The zero-order valence-corrected chi connectivity index (χ0v) is 13.9. The predicted molar refractivity (Wildman–Crippen MR) is 86.7 cm³/mol. The van der Waals surface area contributed by atoms with E-state index in [2.05, 4.69) is 4.98 Å². The lowest BCUT2D eigenvalue weighted by atomic mass is 9.77. The molecule has 0 aromatic carbocycles. The van der Waals surface area contributed by atoms with Crippen LogP contribution in [0, 0.1) is 12.8 Å². The molecule has 0 aliphatic carbocycles. The van der Waals surface area contributed by atoms with Gasteiger partial charge in [0.2, 0.25) is 0 Å². The number of amides is 1. The fraction of sp³-hybridized carbons (Fsp3) is 0.600. The summed E-state index contributed by atoms with van der Waals surface area (Å²) in [4.78, 5) is 18.2. The van der Waals surface area contributed by atoms with Crippen molar-refractivity contribution < 1.29 is 24.7 Å². The van der Waals surface area contributed by atoms with Gasteiger partial charge in [0, 0.05) is 30.7 Å². The maximum atomic E-state index is 12.5. The zero-order chi connectivity index (χ0) is 17.4. The topological polar surface area (TPSA) is 103 Å². The molecule has 3 N–H and O–H groups in total. The molecule has 0 saturated heterocycles. The van der Waals surface area contributed by atoms with Gasteiger partial charge in [0.15, 0.2) is 0 Å². The molecule has 2 heterocycles. The molecule has 0 radical (unpaired) electrons. The normalized spacial score (nSPS) is 17.7. The minimum atomic E-state index is -1.66. The van der Waals surface area contributed by atoms with Gasteiger partial charge in [0.1, 0.15) is 5.60 Å². The summed E-state index contributed by atoms with van der Waals surface area (Å²) in [6, 6.07) is 0. The predicted octanol–water partition coefficient (Wildman–Crippen LogP) is -0.0241. The van der Waals surface area contributed by atoms with Crippen LogP contribution in [-0.2, 0) is 11.2 Å². The van der Waals surface area contributed by atoms with Gasteiger partial charge in [-0.25, -0.2) is 4.79 Å². The monoisotopic (exact) mass is 322 g/mol. The molecular formula is C15H23BN2O5. The number of hydrogen-bond acceptors (Lipinski definition) is 6. The van der Waals surface area contributed by atoms with E-state index in [1.807, 2.05) is 0 Å². The number of pyridine rings is 1. The first kappa shape index (κ1) is 17.7. The summed E-state index contributed by atoms with van der Waals surface area (Å²) >= 11 is 0. The Bertz CT molecular complexity index is 600. The van der Waals surface area contributed by atoms with Crippen LogP contribution in [-0.4, -0.2) is 52.1 Å². The number of carbonyl (C=O) groups excluding carboxylic acids is 1. The van der Waals surface area contributed by atoms with E-state index in [1.54, 1.807) is 27.7 Å². The number of aromatic nitrogens is 1. The number of ether oxygens (including phenoxy) is 1. The molecule has 7 nitrogen and oxygen atoms in total. The summed E-state index contributed by atoms with van der Waals surface area (Å²) in [6.07, 6.45) is 1.38. The van der Waals surface area contributed by atoms with Gasteiger partial charge in [-0.2, -0.15) is 0 Å². The van der Waals surface area contributed by atoms with Crippen LogP contribution in [0.3, 0.4) is 0 Å². The maximum absolute atomic E-state index is 12.5. The van der Waals surface area contributed by atoms with Crippen LogP contribution >= 0.6 is 0 Å². The lowest BCUT2D eigenvalue weighted by Gasteiger charge is -2.36. The third kappa shape index (κ3) is 3.83. The van der Waals surface area contributed by atoms with E-state index in [-0.39, 0.29) is 18.0 Å². The first-order valence-electron chi connectivity index (χ1n) is 7.60. The van der Waals surface area contributed by atoms with Crippen molar-refractivity contribution in [3.05, 3.63) is 17.5 Å². The van der Waals surface area contributed by atoms with Crippen LogP contribution in [0.4, 0.5) is 10.5 Å². The Labute approximate surface area is 136 Å². The summed E-state index contributed by atoms with van der Waals surface area (Å²) in [6.45, 7) is 7.27. The van der Waals surface area contributed by atoms with Crippen LogP contribution in [0.1, 0.15) is 32.0 Å². The Balaban J connectivity index is 2.48. The Morgan fingerprint density at radius 2 is 2.13 bits per heavy atom. The summed E-state index contributed by atoms with van der Waals surface area (Å²) in [5.41, 5.74) is 1.35. The van der Waals surface area contributed by atoms with Gasteiger partial charge >= 0.3 is 13.2 Å². The second-order valence-corrected chi connectivity index (χ2v) is 6.85. The Morgan fingerprint density at radius 1 is 1.48 bits per heavy atom. The van der Waals surface area contributed by atoms with E-state index in [9.17, 15) is 19.9 Å². The molecule has 126 valence electrons. The van der Waals surface area contributed by atoms with Gasteiger partial charge in [0.05, 0.1) is 11.4 Å². The number of hydrogen-bond donors (Lipinski definition) is 3. The minimum absolute atomic E-state index is 0.0656. The summed E-state index contributed by atoms with van der Waals surface area (Å²) in [7, 11) is -1.66. The van der Waals surface area contributed by atoms with Crippen LogP contribution in [0.2, 0.25) is 0 Å². The number of aliphatic hydroxyl groups is 1. The Kier molecular flexibility index (Phi) is 4.98. The second-order valence-electron chi connectivity index (χ2n) is 6.85. The number of fused-ring (bicyclic) bond motifs is 1. The third-order valence-electron chi connectivity index (χ3n) is 3.76. The molecule has 1 unspecified atom stereocenters. The molecule has 1 atom stereocenters. The summed E-state index contributed by atoms with van der Waals surface area (Å²) < 4.78 is 5.43. The molecule has 0 spiro atoms. The van der Waals surface area contributed by atoms with Crippen molar-refractivity contribution in [3.63, 3.8) is 0 Å². The van der Waals surface area contributed by atoms with Crippen molar-refractivity contribution in [3.8, 4) is 0 Å². The smallest absolute Gasteiger partial charge is 0.443 e. The molecule has 1 aromatic heterocycles. The average Bonchev–Trinajstić information content (AvgIpc) is 2.44. The van der Waals surface area contributed by atoms with Crippen molar-refractivity contribution in [2.24, 2.45) is 5.92 Å². The van der Waals surface area contributed by atoms with Crippen molar-refractivity contribution >= 4 is 24.4 Å². The van der Waals surface area contributed by atoms with Gasteiger partial charge < -0.3 is 19.9 Å². The van der Waals surface area contributed by atoms with Gasteiger partial charge in [-0.1, -0.05) is 0 Å². The van der Waals surface area contributed by atoms with Gasteiger partial charge in [-0.15, -0.1) is 0 Å². The third-order valence-corrected chi connectivity index (χ3v) is 3.76. The van der Waals surface area contributed by atoms with E-state index in [4.69, 9.17) is 4.74 Å². The molecule has 2 rings (SSSR count). The number of carbonyl (C=O) groups is 1. The average molecular weight is 322 g/mol. The first-order valence-corrected chi connectivity index (χ1v) is 7.60. The van der Waals surface area contributed by atoms with Crippen molar-refractivity contribution in [1.82, 2.24) is 4.98 Å². The van der Waals surface area contributed by atoms with Crippen molar-refractivity contribution in [1.29, 1.82) is 0 Å². The molecule has 1 aliphatic rings. The maximum Gasteiger partial charge on any atom is 0.490 e. The lowest BCUT2D eigenvalue weighted by Crippen LogP contribution is -2.46. The lowest BCUT2D eigenvalue weighted by molar-refractivity contribution is 0.0565. The van der Waals surface area contributed by atoms with Crippen LogP contribution in [0.5, 0.6) is 0 Å². The highest BCUT2D eigenvalue weighted by Gasteiger charge is 2.35. The number of aliphatic hydroxyl groups excluding tert-OH is 1. The largest absolute Gasteiger partial charge is 0.490 e. The Morgan fingerprint density at radius 3 is 2.65 bits per heavy atom.